The minimum atomic E-state index is -0.338. The molecule has 0 saturated heterocycles. The zero-order valence-electron chi connectivity index (χ0n) is 15.4. The molecule has 3 heterocycles. The van der Waals surface area contributed by atoms with Gasteiger partial charge in [-0.2, -0.15) is 5.10 Å². The van der Waals surface area contributed by atoms with Crippen LogP contribution in [-0.2, 0) is 0 Å². The highest BCUT2D eigenvalue weighted by Crippen LogP contribution is 2.32. The number of hydrogen-bond acceptors (Lipinski definition) is 4. The third-order valence-corrected chi connectivity index (χ3v) is 4.99. The second-order valence-electron chi connectivity index (χ2n) is 6.87. The Labute approximate surface area is 161 Å². The molecule has 0 bridgehead atoms. The maximum absolute atomic E-state index is 13.1. The van der Waals surface area contributed by atoms with Gasteiger partial charge in [0.2, 0.25) is 0 Å². The van der Waals surface area contributed by atoms with E-state index in [2.05, 4.69) is 10.1 Å². The van der Waals surface area contributed by atoms with Gasteiger partial charge in [-0.15, -0.1) is 0 Å². The molecule has 6 heteroatoms. The van der Waals surface area contributed by atoms with Gasteiger partial charge in [-0.25, -0.2) is 14.6 Å². The molecule has 0 unspecified atom stereocenters. The van der Waals surface area contributed by atoms with Crippen molar-refractivity contribution < 1.29 is 9.59 Å². The molecule has 0 spiro atoms. The highest BCUT2D eigenvalue weighted by atomic mass is 16.2. The molecule has 0 fully saturated rings. The quantitative estimate of drug-likeness (QED) is 0.504. The minimum absolute atomic E-state index is 0.338. The molecule has 136 valence electrons. The van der Waals surface area contributed by atoms with Gasteiger partial charge < -0.3 is 0 Å². The van der Waals surface area contributed by atoms with E-state index in [9.17, 15) is 9.59 Å². The van der Waals surface area contributed by atoms with Gasteiger partial charge >= 0.3 is 0 Å². The number of amides is 2. The summed E-state index contributed by atoms with van der Waals surface area (Å²) in [4.78, 5) is 31.8. The Bertz CT molecular complexity index is 1220. The van der Waals surface area contributed by atoms with Crippen LogP contribution in [0.4, 0.5) is 5.69 Å². The lowest BCUT2D eigenvalue weighted by Crippen LogP contribution is -2.40. The van der Waals surface area contributed by atoms with Crippen LogP contribution in [-0.4, -0.2) is 26.6 Å². The van der Waals surface area contributed by atoms with E-state index in [1.807, 2.05) is 44.2 Å². The van der Waals surface area contributed by atoms with Gasteiger partial charge in [0.25, 0.3) is 11.8 Å². The van der Waals surface area contributed by atoms with Crippen LogP contribution in [0.3, 0.4) is 0 Å². The SMILES string of the molecule is Cc1cc(C)n(-c2ccc(N3C(=O)c4cccc5cccc(c45)C3=O)cn2)n1. The van der Waals surface area contributed by atoms with Crippen LogP contribution in [0.5, 0.6) is 0 Å². The summed E-state index contributed by atoms with van der Waals surface area (Å²) in [6.07, 6.45) is 1.54. The van der Waals surface area contributed by atoms with Crippen LogP contribution in [0.2, 0.25) is 0 Å². The van der Waals surface area contributed by atoms with Crippen molar-refractivity contribution in [1.29, 1.82) is 0 Å². The first kappa shape index (κ1) is 16.4. The second-order valence-corrected chi connectivity index (χ2v) is 6.87. The number of imide groups is 1. The normalized spacial score (nSPS) is 13.4. The summed E-state index contributed by atoms with van der Waals surface area (Å²) >= 11 is 0. The molecule has 0 N–H and O–H groups in total. The molecular weight excluding hydrogens is 352 g/mol. The van der Waals surface area contributed by atoms with E-state index in [0.29, 0.717) is 28.0 Å². The van der Waals surface area contributed by atoms with Crippen molar-refractivity contribution in [2.45, 2.75) is 13.8 Å². The topological polar surface area (TPSA) is 68.1 Å². The third-order valence-electron chi connectivity index (χ3n) is 4.99. The number of anilines is 1. The van der Waals surface area contributed by atoms with Crippen molar-refractivity contribution in [3.8, 4) is 5.82 Å². The molecule has 4 aromatic rings. The minimum Gasteiger partial charge on any atom is -0.268 e. The second kappa shape index (κ2) is 5.85. The van der Waals surface area contributed by atoms with E-state index in [1.165, 1.54) is 11.1 Å². The third kappa shape index (κ3) is 2.28. The number of nitrogens with zero attached hydrogens (tertiary/aromatic N) is 4. The number of rotatable bonds is 2. The Balaban J connectivity index is 1.60. The molecule has 5 rings (SSSR count). The first-order valence-electron chi connectivity index (χ1n) is 8.95. The van der Waals surface area contributed by atoms with Gasteiger partial charge in [0.05, 0.1) is 17.6 Å². The number of aryl methyl sites for hydroxylation is 2. The van der Waals surface area contributed by atoms with Crippen molar-refractivity contribution in [2.24, 2.45) is 0 Å². The molecule has 2 amide bonds. The summed E-state index contributed by atoms with van der Waals surface area (Å²) in [5.74, 6) is -0.0429. The highest BCUT2D eigenvalue weighted by molar-refractivity contribution is 6.35. The fourth-order valence-electron chi connectivity index (χ4n) is 3.76. The molecule has 0 aliphatic carbocycles. The van der Waals surface area contributed by atoms with Gasteiger partial charge in [-0.3, -0.25) is 9.59 Å². The van der Waals surface area contributed by atoms with Crippen LogP contribution in [0.15, 0.2) is 60.8 Å². The van der Waals surface area contributed by atoms with E-state index in [4.69, 9.17) is 0 Å². The van der Waals surface area contributed by atoms with Crippen molar-refractivity contribution in [1.82, 2.24) is 14.8 Å². The van der Waals surface area contributed by atoms with Crippen molar-refractivity contribution in [3.05, 3.63) is 83.3 Å². The number of aromatic nitrogens is 3. The predicted octanol–water partition coefficient (Wildman–Crippen LogP) is 3.84. The lowest BCUT2D eigenvalue weighted by molar-refractivity contribution is 0.0893. The molecule has 0 radical (unpaired) electrons. The van der Waals surface area contributed by atoms with Gasteiger partial charge in [-0.05, 0) is 49.6 Å². The smallest absolute Gasteiger partial charge is 0.266 e. The zero-order chi connectivity index (χ0) is 19.4. The highest BCUT2D eigenvalue weighted by Gasteiger charge is 2.33. The van der Waals surface area contributed by atoms with Crippen LogP contribution in [0.1, 0.15) is 32.1 Å². The number of carbonyl (C=O) groups is 2. The molecule has 1 aliphatic heterocycles. The standard InChI is InChI=1S/C22H16N4O2/c1-13-11-14(2)26(24-13)19-10-9-16(12-23-19)25-21(27)17-7-3-5-15-6-4-8-18(20(15)17)22(25)28/h3-12H,1-2H3. The fraction of sp³-hybridized carbons (Fsp3) is 0.0909. The zero-order valence-corrected chi connectivity index (χ0v) is 15.4. The molecule has 6 nitrogen and oxygen atoms in total. The van der Waals surface area contributed by atoms with E-state index in [0.717, 1.165) is 16.8 Å². The summed E-state index contributed by atoms with van der Waals surface area (Å²) in [5.41, 5.74) is 3.34. The Kier molecular flexibility index (Phi) is 3.42. The number of benzene rings is 2. The summed E-state index contributed by atoms with van der Waals surface area (Å²) in [5, 5.41) is 6.01. The Hall–Kier alpha value is -3.80. The summed E-state index contributed by atoms with van der Waals surface area (Å²) in [6.45, 7) is 3.87. The average Bonchev–Trinajstić information content (AvgIpc) is 3.04. The Morgan fingerprint density at radius 3 is 2.07 bits per heavy atom. The largest absolute Gasteiger partial charge is 0.268 e. The van der Waals surface area contributed by atoms with Crippen LogP contribution < -0.4 is 4.90 Å². The van der Waals surface area contributed by atoms with E-state index < -0.39 is 0 Å². The lowest BCUT2D eigenvalue weighted by Gasteiger charge is -2.27. The van der Waals surface area contributed by atoms with Gasteiger partial charge in [0, 0.05) is 22.2 Å². The predicted molar refractivity (Wildman–Crippen MR) is 106 cm³/mol. The maximum atomic E-state index is 13.1. The first-order valence-corrected chi connectivity index (χ1v) is 8.95. The number of hydrogen-bond donors (Lipinski definition) is 0. The van der Waals surface area contributed by atoms with Crippen molar-refractivity contribution in [2.75, 3.05) is 4.90 Å². The summed E-state index contributed by atoms with van der Waals surface area (Å²) in [6, 6.07) is 16.4. The van der Waals surface area contributed by atoms with Crippen LogP contribution >= 0.6 is 0 Å². The molecule has 1 aliphatic rings. The van der Waals surface area contributed by atoms with Crippen LogP contribution in [0.25, 0.3) is 16.6 Å². The molecule has 0 saturated carbocycles. The maximum Gasteiger partial charge on any atom is 0.266 e. The van der Waals surface area contributed by atoms with Gasteiger partial charge in [0.1, 0.15) is 0 Å². The molecule has 2 aromatic heterocycles. The van der Waals surface area contributed by atoms with Crippen LogP contribution in [0, 0.1) is 13.8 Å². The first-order chi connectivity index (χ1) is 13.5. The van der Waals surface area contributed by atoms with Gasteiger partial charge in [0.15, 0.2) is 5.82 Å². The van der Waals surface area contributed by atoms with E-state index in [1.54, 1.807) is 28.9 Å². The molecular formula is C22H16N4O2. The molecule has 28 heavy (non-hydrogen) atoms. The number of carbonyl (C=O) groups excluding carboxylic acids is 2. The summed E-state index contributed by atoms with van der Waals surface area (Å²) in [7, 11) is 0. The van der Waals surface area contributed by atoms with Crippen molar-refractivity contribution >= 4 is 28.3 Å². The average molecular weight is 368 g/mol. The Morgan fingerprint density at radius 1 is 0.857 bits per heavy atom. The monoisotopic (exact) mass is 368 g/mol. The lowest BCUT2D eigenvalue weighted by atomic mass is 9.94. The van der Waals surface area contributed by atoms with E-state index >= 15 is 0 Å². The summed E-state index contributed by atoms with van der Waals surface area (Å²) < 4.78 is 1.73. The Morgan fingerprint density at radius 2 is 1.54 bits per heavy atom. The fourth-order valence-corrected chi connectivity index (χ4v) is 3.76. The van der Waals surface area contributed by atoms with Gasteiger partial charge in [-0.1, -0.05) is 24.3 Å². The number of pyridine rings is 1. The molecule has 2 aromatic carbocycles. The van der Waals surface area contributed by atoms with E-state index in [-0.39, 0.29) is 11.8 Å². The molecule has 0 atom stereocenters. The van der Waals surface area contributed by atoms with Crippen molar-refractivity contribution in [3.63, 3.8) is 0 Å².